The molecular weight excluding hydrogens is 347 g/mol. The van der Waals surface area contributed by atoms with E-state index in [1.807, 2.05) is 0 Å². The van der Waals surface area contributed by atoms with Gasteiger partial charge in [-0.25, -0.2) is 14.0 Å². The van der Waals surface area contributed by atoms with Gasteiger partial charge < -0.3 is 20.1 Å². The fourth-order valence-corrected chi connectivity index (χ4v) is 2.26. The van der Waals surface area contributed by atoms with E-state index in [9.17, 15) is 14.0 Å². The summed E-state index contributed by atoms with van der Waals surface area (Å²) in [7, 11) is 2.49. The molecule has 0 bridgehead atoms. The molecular formula is C17H15FN2O4S. The van der Waals surface area contributed by atoms with Gasteiger partial charge in [0.1, 0.15) is 5.82 Å². The second kappa shape index (κ2) is 8.20. The molecule has 0 radical (unpaired) electrons. The van der Waals surface area contributed by atoms with E-state index in [2.05, 4.69) is 15.4 Å². The molecule has 2 N–H and O–H groups in total. The molecule has 130 valence electrons. The van der Waals surface area contributed by atoms with Crippen LogP contribution in [-0.4, -0.2) is 31.3 Å². The molecule has 8 heteroatoms. The van der Waals surface area contributed by atoms with E-state index in [0.29, 0.717) is 5.69 Å². The summed E-state index contributed by atoms with van der Waals surface area (Å²) in [6.45, 7) is 0. The number of methoxy groups -OCH3 is 2. The minimum absolute atomic E-state index is 0.109. The largest absolute Gasteiger partial charge is 0.465 e. The van der Waals surface area contributed by atoms with Crippen molar-refractivity contribution in [2.75, 3.05) is 24.9 Å². The van der Waals surface area contributed by atoms with Crippen molar-refractivity contribution in [2.45, 2.75) is 0 Å². The zero-order valence-electron chi connectivity index (χ0n) is 13.5. The van der Waals surface area contributed by atoms with E-state index in [1.54, 1.807) is 6.07 Å². The molecule has 0 aliphatic heterocycles. The van der Waals surface area contributed by atoms with Crippen LogP contribution in [0.1, 0.15) is 20.7 Å². The highest BCUT2D eigenvalue weighted by Crippen LogP contribution is 2.20. The predicted molar refractivity (Wildman–Crippen MR) is 95.4 cm³/mol. The summed E-state index contributed by atoms with van der Waals surface area (Å²) in [5.41, 5.74) is 1.09. The molecule has 0 saturated heterocycles. The van der Waals surface area contributed by atoms with Gasteiger partial charge in [0.25, 0.3) is 0 Å². The number of ether oxygens (including phenoxy) is 2. The van der Waals surface area contributed by atoms with Crippen LogP contribution in [0.4, 0.5) is 15.8 Å². The summed E-state index contributed by atoms with van der Waals surface area (Å²) >= 11 is 5.17. The molecule has 2 aromatic rings. The number of carbonyl (C=O) groups excluding carboxylic acids is 2. The minimum Gasteiger partial charge on any atom is -0.465 e. The molecule has 0 atom stereocenters. The Bertz CT molecular complexity index is 826. The Morgan fingerprint density at radius 2 is 1.72 bits per heavy atom. The smallest absolute Gasteiger partial charge is 0.339 e. The molecule has 0 aliphatic carbocycles. The maximum atomic E-state index is 13.2. The number of thiocarbonyl (C=S) groups is 1. The molecule has 0 aliphatic rings. The van der Waals surface area contributed by atoms with Crippen molar-refractivity contribution in [1.29, 1.82) is 0 Å². The molecule has 2 aromatic carbocycles. The highest BCUT2D eigenvalue weighted by molar-refractivity contribution is 7.80. The topological polar surface area (TPSA) is 76.7 Å². The highest BCUT2D eigenvalue weighted by Gasteiger charge is 2.16. The fraction of sp³-hybridized carbons (Fsp3) is 0.118. The van der Waals surface area contributed by atoms with Crippen LogP contribution in [-0.2, 0) is 9.47 Å². The number of esters is 2. The number of rotatable bonds is 4. The summed E-state index contributed by atoms with van der Waals surface area (Å²) in [5, 5.41) is 5.70. The Kier molecular flexibility index (Phi) is 6.02. The summed E-state index contributed by atoms with van der Waals surface area (Å²) in [6.07, 6.45) is 0. The monoisotopic (exact) mass is 362 g/mol. The average molecular weight is 362 g/mol. The van der Waals surface area contributed by atoms with Crippen molar-refractivity contribution in [3.8, 4) is 0 Å². The van der Waals surface area contributed by atoms with E-state index in [0.717, 1.165) is 0 Å². The van der Waals surface area contributed by atoms with Crippen LogP contribution in [0.3, 0.4) is 0 Å². The first-order chi connectivity index (χ1) is 11.9. The molecule has 2 rings (SSSR count). The third kappa shape index (κ3) is 4.74. The van der Waals surface area contributed by atoms with E-state index >= 15 is 0 Å². The van der Waals surface area contributed by atoms with Crippen LogP contribution in [0.5, 0.6) is 0 Å². The number of benzene rings is 2. The van der Waals surface area contributed by atoms with Crippen molar-refractivity contribution >= 4 is 40.6 Å². The lowest BCUT2D eigenvalue weighted by atomic mass is 10.1. The lowest BCUT2D eigenvalue weighted by molar-refractivity contribution is 0.0587. The van der Waals surface area contributed by atoms with Gasteiger partial charge in [-0.1, -0.05) is 6.07 Å². The fourth-order valence-electron chi connectivity index (χ4n) is 2.03. The van der Waals surface area contributed by atoms with Gasteiger partial charge in [-0.2, -0.15) is 0 Å². The van der Waals surface area contributed by atoms with Crippen LogP contribution in [0.25, 0.3) is 0 Å². The zero-order valence-corrected chi connectivity index (χ0v) is 14.3. The summed E-state index contributed by atoms with van der Waals surface area (Å²) in [5.74, 6) is -1.59. The van der Waals surface area contributed by atoms with E-state index in [1.165, 1.54) is 50.6 Å². The Morgan fingerprint density at radius 3 is 2.36 bits per heavy atom. The molecule has 25 heavy (non-hydrogen) atoms. The zero-order chi connectivity index (χ0) is 18.4. The second-order valence-corrected chi connectivity index (χ2v) is 5.24. The molecule has 0 heterocycles. The molecule has 6 nitrogen and oxygen atoms in total. The highest BCUT2D eigenvalue weighted by atomic mass is 32.1. The Balaban J connectivity index is 2.27. The summed E-state index contributed by atoms with van der Waals surface area (Å²) < 4.78 is 22.6. The Labute approximate surface area is 148 Å². The lowest BCUT2D eigenvalue weighted by Gasteiger charge is -2.14. The van der Waals surface area contributed by atoms with E-state index < -0.39 is 17.8 Å². The molecule has 0 amide bonds. The first-order valence-corrected chi connectivity index (χ1v) is 7.49. The molecule has 0 spiro atoms. The van der Waals surface area contributed by atoms with Gasteiger partial charge in [-0.3, -0.25) is 0 Å². The summed E-state index contributed by atoms with van der Waals surface area (Å²) in [6, 6.07) is 9.99. The van der Waals surface area contributed by atoms with Gasteiger partial charge in [-0.15, -0.1) is 0 Å². The molecule has 0 unspecified atom stereocenters. The SMILES string of the molecule is COC(=O)c1ccc(C(=O)OC)c(NC(=S)Nc2cccc(F)c2)c1. The summed E-state index contributed by atoms with van der Waals surface area (Å²) in [4.78, 5) is 23.6. The van der Waals surface area contributed by atoms with Crippen molar-refractivity contribution in [1.82, 2.24) is 0 Å². The predicted octanol–water partition coefficient (Wildman–Crippen LogP) is 3.21. The lowest BCUT2D eigenvalue weighted by Crippen LogP contribution is -2.21. The number of halogens is 1. The number of anilines is 2. The average Bonchev–Trinajstić information content (AvgIpc) is 2.60. The maximum Gasteiger partial charge on any atom is 0.339 e. The van der Waals surface area contributed by atoms with Gasteiger partial charge in [0.05, 0.1) is 31.0 Å². The second-order valence-electron chi connectivity index (χ2n) is 4.83. The van der Waals surface area contributed by atoms with Gasteiger partial charge in [0.2, 0.25) is 0 Å². The minimum atomic E-state index is -0.604. The van der Waals surface area contributed by atoms with Gasteiger partial charge in [0, 0.05) is 5.69 Å². The molecule has 0 aromatic heterocycles. The first kappa shape index (κ1) is 18.3. The normalized spacial score (nSPS) is 9.88. The van der Waals surface area contributed by atoms with Crippen LogP contribution in [0, 0.1) is 5.82 Å². The molecule has 0 fully saturated rings. The maximum absolute atomic E-state index is 13.2. The van der Waals surface area contributed by atoms with Gasteiger partial charge >= 0.3 is 11.9 Å². The van der Waals surface area contributed by atoms with Crippen LogP contribution in [0.15, 0.2) is 42.5 Å². The Hall–Kier alpha value is -3.00. The van der Waals surface area contributed by atoms with Crippen LogP contribution < -0.4 is 10.6 Å². The quantitative estimate of drug-likeness (QED) is 0.639. The van der Waals surface area contributed by atoms with Gasteiger partial charge in [0.15, 0.2) is 5.11 Å². The first-order valence-electron chi connectivity index (χ1n) is 7.09. The number of carbonyl (C=O) groups is 2. The van der Waals surface area contributed by atoms with Crippen LogP contribution >= 0.6 is 12.2 Å². The van der Waals surface area contributed by atoms with Crippen molar-refractivity contribution < 1.29 is 23.5 Å². The van der Waals surface area contributed by atoms with E-state index in [4.69, 9.17) is 17.0 Å². The molecule has 0 saturated carbocycles. The number of hydrogen-bond donors (Lipinski definition) is 2. The van der Waals surface area contributed by atoms with Crippen molar-refractivity contribution in [3.05, 3.63) is 59.4 Å². The number of hydrogen-bond acceptors (Lipinski definition) is 5. The standard InChI is InChI=1S/C17H15FN2O4S/c1-23-15(21)10-6-7-13(16(22)24-2)14(8-10)20-17(25)19-12-5-3-4-11(18)9-12/h3-9H,1-2H3,(H2,19,20,25). The third-order valence-corrected chi connectivity index (χ3v) is 3.38. The third-order valence-electron chi connectivity index (χ3n) is 3.18. The van der Waals surface area contributed by atoms with Crippen LogP contribution in [0.2, 0.25) is 0 Å². The number of nitrogens with one attached hydrogen (secondary N) is 2. The van der Waals surface area contributed by atoms with Crippen molar-refractivity contribution in [2.24, 2.45) is 0 Å². The van der Waals surface area contributed by atoms with Crippen molar-refractivity contribution in [3.63, 3.8) is 0 Å². The van der Waals surface area contributed by atoms with E-state index in [-0.39, 0.29) is 21.9 Å². The Morgan fingerprint density at radius 1 is 1.00 bits per heavy atom. The van der Waals surface area contributed by atoms with Gasteiger partial charge in [-0.05, 0) is 48.6 Å².